The number of carbonyl (C=O) groups excluding carboxylic acids is 1. The average molecular weight is 497 g/mol. The van der Waals surface area contributed by atoms with E-state index >= 15 is 0 Å². The summed E-state index contributed by atoms with van der Waals surface area (Å²) in [6.07, 6.45) is 1.87. The molecule has 1 saturated heterocycles. The lowest BCUT2D eigenvalue weighted by atomic mass is 10.1. The molecule has 9 nitrogen and oxygen atoms in total. The fourth-order valence-electron chi connectivity index (χ4n) is 3.34. The first-order valence-electron chi connectivity index (χ1n) is 10.1. The minimum atomic E-state index is -0.282. The first-order chi connectivity index (χ1) is 14.8. The first kappa shape index (κ1) is 27.9. The zero-order valence-corrected chi connectivity index (χ0v) is 19.9. The number of hydrogen-bond acceptors (Lipinski definition) is 6. The lowest BCUT2D eigenvalue weighted by Gasteiger charge is -2.32. The van der Waals surface area contributed by atoms with Gasteiger partial charge in [0.05, 0.1) is 18.1 Å². The molecular formula is C22H30Cl2N6O3. The van der Waals surface area contributed by atoms with Crippen molar-refractivity contribution < 1.29 is 14.6 Å². The van der Waals surface area contributed by atoms with Gasteiger partial charge in [-0.15, -0.1) is 24.8 Å². The number of phenols is 1. The van der Waals surface area contributed by atoms with Crippen LogP contribution in [0.2, 0.25) is 0 Å². The average Bonchev–Trinajstić information content (AvgIpc) is 2.75. The van der Waals surface area contributed by atoms with Gasteiger partial charge in [-0.3, -0.25) is 15.6 Å². The van der Waals surface area contributed by atoms with Crippen LogP contribution in [0.15, 0.2) is 42.5 Å². The minimum absolute atomic E-state index is 0. The van der Waals surface area contributed by atoms with Gasteiger partial charge < -0.3 is 31.1 Å². The van der Waals surface area contributed by atoms with Crippen molar-refractivity contribution in [2.75, 3.05) is 30.3 Å². The summed E-state index contributed by atoms with van der Waals surface area (Å²) in [6.45, 7) is 3.39. The maximum atomic E-state index is 12.2. The predicted molar refractivity (Wildman–Crippen MR) is 136 cm³/mol. The van der Waals surface area contributed by atoms with Crippen LogP contribution in [0.25, 0.3) is 0 Å². The number of hydrogen-bond donors (Lipinski definition) is 6. The third-order valence-electron chi connectivity index (χ3n) is 5.10. The molecule has 2 aromatic carbocycles. The molecule has 0 aliphatic carbocycles. The maximum Gasteiger partial charge on any atom is 0.243 e. The molecule has 0 atom stereocenters. The van der Waals surface area contributed by atoms with Crippen LogP contribution in [0.5, 0.6) is 11.5 Å². The summed E-state index contributed by atoms with van der Waals surface area (Å²) in [4.78, 5) is 14.3. The summed E-state index contributed by atoms with van der Waals surface area (Å²) >= 11 is 0. The number of amidine groups is 2. The number of aromatic hydroxyl groups is 1. The fraction of sp³-hybridized carbons (Fsp3) is 0.318. The van der Waals surface area contributed by atoms with Crippen molar-refractivity contribution in [1.29, 1.82) is 10.8 Å². The summed E-state index contributed by atoms with van der Waals surface area (Å²) in [5.74, 6) is 0.906. The predicted octanol–water partition coefficient (Wildman–Crippen LogP) is 3.41. The van der Waals surface area contributed by atoms with Gasteiger partial charge in [-0.2, -0.15) is 0 Å². The van der Waals surface area contributed by atoms with Crippen LogP contribution in [0, 0.1) is 10.8 Å². The number of likely N-dealkylation sites (tertiary alicyclic amines) is 1. The van der Waals surface area contributed by atoms with E-state index in [0.717, 1.165) is 31.7 Å². The Balaban J connectivity index is 0.00000272. The second kappa shape index (κ2) is 12.8. The monoisotopic (exact) mass is 496 g/mol. The molecule has 3 rings (SSSR count). The van der Waals surface area contributed by atoms with E-state index in [1.165, 1.54) is 18.2 Å². The Kier molecular flexibility index (Phi) is 10.8. The van der Waals surface area contributed by atoms with Crippen molar-refractivity contribution in [3.8, 4) is 11.5 Å². The zero-order chi connectivity index (χ0) is 22.4. The third-order valence-corrected chi connectivity index (χ3v) is 5.10. The topological polar surface area (TPSA) is 148 Å². The largest absolute Gasteiger partial charge is 0.506 e. The van der Waals surface area contributed by atoms with Gasteiger partial charge in [0.25, 0.3) is 0 Å². The number of carbonyl (C=O) groups is 1. The molecule has 2 aromatic rings. The van der Waals surface area contributed by atoms with Gasteiger partial charge in [0.1, 0.15) is 23.4 Å². The Hall–Kier alpha value is -3.17. The van der Waals surface area contributed by atoms with E-state index in [-0.39, 0.29) is 55.0 Å². The van der Waals surface area contributed by atoms with Gasteiger partial charge in [0.2, 0.25) is 5.91 Å². The second-order valence-electron chi connectivity index (χ2n) is 7.46. The van der Waals surface area contributed by atoms with Gasteiger partial charge in [0, 0.05) is 37.2 Å². The minimum Gasteiger partial charge on any atom is -0.506 e. The Morgan fingerprint density at radius 1 is 1.15 bits per heavy atom. The maximum absolute atomic E-state index is 12.2. The number of piperidine rings is 1. The van der Waals surface area contributed by atoms with Crippen molar-refractivity contribution in [2.45, 2.75) is 25.9 Å². The highest BCUT2D eigenvalue weighted by atomic mass is 35.5. The molecule has 1 heterocycles. The Morgan fingerprint density at radius 2 is 1.79 bits per heavy atom. The lowest BCUT2D eigenvalue weighted by molar-refractivity contribution is -0.114. The molecule has 0 spiro atoms. The molecule has 1 amide bonds. The number of ether oxygens (including phenoxy) is 1. The summed E-state index contributed by atoms with van der Waals surface area (Å²) < 4.78 is 6.01. The summed E-state index contributed by atoms with van der Waals surface area (Å²) in [7, 11) is 0. The first-order valence-corrected chi connectivity index (χ1v) is 10.1. The van der Waals surface area contributed by atoms with E-state index in [4.69, 9.17) is 21.3 Å². The second-order valence-corrected chi connectivity index (χ2v) is 7.46. The smallest absolute Gasteiger partial charge is 0.243 e. The van der Waals surface area contributed by atoms with Gasteiger partial charge in [-0.25, -0.2) is 0 Å². The Bertz CT molecular complexity index is 963. The number of rotatable bonds is 7. The highest BCUT2D eigenvalue weighted by Gasteiger charge is 2.20. The molecule has 0 bridgehead atoms. The van der Waals surface area contributed by atoms with Crippen LogP contribution in [-0.2, 0) is 4.79 Å². The Morgan fingerprint density at radius 3 is 2.36 bits per heavy atom. The van der Waals surface area contributed by atoms with Gasteiger partial charge in [-0.05, 0) is 49.4 Å². The molecule has 7 N–H and O–H groups in total. The van der Waals surface area contributed by atoms with Crippen molar-refractivity contribution >= 4 is 53.8 Å². The van der Waals surface area contributed by atoms with Crippen LogP contribution in [-0.4, -0.2) is 53.3 Å². The van der Waals surface area contributed by atoms with Crippen LogP contribution < -0.4 is 21.1 Å². The van der Waals surface area contributed by atoms with Gasteiger partial charge in [0.15, 0.2) is 0 Å². The highest BCUT2D eigenvalue weighted by molar-refractivity contribution is 5.97. The van der Waals surface area contributed by atoms with Crippen molar-refractivity contribution in [3.63, 3.8) is 0 Å². The van der Waals surface area contributed by atoms with Crippen molar-refractivity contribution in [3.05, 3.63) is 48.0 Å². The van der Waals surface area contributed by atoms with E-state index < -0.39 is 0 Å². The Labute approximate surface area is 205 Å². The molecule has 0 aromatic heterocycles. The van der Waals surface area contributed by atoms with Gasteiger partial charge >= 0.3 is 0 Å². The number of nitrogen functional groups attached to an aromatic ring is 1. The van der Waals surface area contributed by atoms with Crippen LogP contribution in [0.4, 0.5) is 11.4 Å². The van der Waals surface area contributed by atoms with Crippen molar-refractivity contribution in [1.82, 2.24) is 4.90 Å². The van der Waals surface area contributed by atoms with E-state index in [1.54, 1.807) is 19.1 Å². The number of phenolic OH excluding ortho intramolecular Hbond substituents is 1. The standard InChI is InChI=1S/C22H28N6O3.2ClH/c1-14(23)28-10-8-18(9-11-28)31-17-5-3-16(4-6-17)27-21(30)13-26-19-12-15(22(24)25)2-7-20(19)29;;/h2-7,12,18,23,26,29H,8-11,13H2,1H3,(H3,24,25)(H,27,30);2*1H. The number of halogens is 2. The number of nitrogens with two attached hydrogens (primary N) is 1. The van der Waals surface area contributed by atoms with E-state index in [0.29, 0.717) is 22.8 Å². The summed E-state index contributed by atoms with van der Waals surface area (Å²) in [6, 6.07) is 11.7. The molecule has 1 fully saturated rings. The molecule has 1 aliphatic heterocycles. The third kappa shape index (κ3) is 8.03. The molecule has 180 valence electrons. The van der Waals surface area contributed by atoms with Crippen LogP contribution in [0.1, 0.15) is 25.3 Å². The molecule has 0 unspecified atom stereocenters. The number of nitrogens with zero attached hydrogens (tertiary/aromatic N) is 1. The SMILES string of the molecule is CC(=N)N1CCC(Oc2ccc(NC(=O)CNc3cc(C(=N)N)ccc3O)cc2)CC1.Cl.Cl. The number of anilines is 2. The molecule has 0 saturated carbocycles. The highest BCUT2D eigenvalue weighted by Crippen LogP contribution is 2.24. The van der Waals surface area contributed by atoms with E-state index in [1.807, 2.05) is 17.0 Å². The normalized spacial score (nSPS) is 13.2. The van der Waals surface area contributed by atoms with Crippen LogP contribution in [0.3, 0.4) is 0 Å². The van der Waals surface area contributed by atoms with E-state index in [9.17, 15) is 9.90 Å². The molecule has 1 aliphatic rings. The number of nitrogens with one attached hydrogen (secondary N) is 4. The van der Waals surface area contributed by atoms with Crippen LogP contribution >= 0.6 is 24.8 Å². The molecular weight excluding hydrogens is 467 g/mol. The fourth-order valence-corrected chi connectivity index (χ4v) is 3.34. The zero-order valence-electron chi connectivity index (χ0n) is 18.3. The molecule has 0 radical (unpaired) electrons. The quantitative estimate of drug-likeness (QED) is 0.196. The summed E-state index contributed by atoms with van der Waals surface area (Å²) in [5, 5.41) is 30.7. The van der Waals surface area contributed by atoms with Crippen molar-refractivity contribution in [2.24, 2.45) is 5.73 Å². The van der Waals surface area contributed by atoms with E-state index in [2.05, 4.69) is 10.6 Å². The lowest BCUT2D eigenvalue weighted by Crippen LogP contribution is -2.40. The summed E-state index contributed by atoms with van der Waals surface area (Å²) in [5.41, 5.74) is 6.87. The number of benzene rings is 2. The van der Waals surface area contributed by atoms with Gasteiger partial charge in [-0.1, -0.05) is 0 Å². The number of amides is 1. The molecule has 33 heavy (non-hydrogen) atoms. The molecule has 11 heteroatoms.